The molecule has 0 saturated carbocycles. The largest absolute Gasteiger partial charge is 3.00 e. The fourth-order valence-electron chi connectivity index (χ4n) is 0.112. The maximum absolute atomic E-state index is 5.74. The van der Waals surface area contributed by atoms with Gasteiger partial charge in [0.1, 0.15) is 0 Å². The predicted octanol–water partition coefficient (Wildman–Crippen LogP) is 0.173. The van der Waals surface area contributed by atoms with Crippen LogP contribution >= 0.6 is 9.39 Å². The van der Waals surface area contributed by atoms with E-state index < -0.39 is 0 Å². The molecule has 1 unspecified atom stereocenters. The minimum atomic E-state index is 0. The zero-order valence-corrected chi connectivity index (χ0v) is 10.0. The number of rotatable bonds is 2. The summed E-state index contributed by atoms with van der Waals surface area (Å²) >= 11 is 0. The molecule has 0 rings (SSSR count). The number of nitrogens with zero attached hydrogens (tertiary/aromatic N) is 1. The average Bonchev–Trinajstić information content (AvgIpc) is 1.88. The second-order valence-electron chi connectivity index (χ2n) is 1.18. The van der Waals surface area contributed by atoms with Crippen molar-refractivity contribution in [3.8, 4) is 0 Å². The Morgan fingerprint density at radius 3 is 1.70 bits per heavy atom. The number of nitrogens with one attached hydrogen (secondary N) is 1. The van der Waals surface area contributed by atoms with E-state index in [1.807, 2.05) is 4.67 Å². The van der Waals surface area contributed by atoms with Crippen molar-refractivity contribution in [2.24, 2.45) is 5.73 Å². The Kier molecular flexibility index (Phi) is 28.3. The van der Waals surface area contributed by atoms with Crippen LogP contribution in [0.15, 0.2) is 0 Å². The van der Waals surface area contributed by atoms with Gasteiger partial charge in [-0.05, 0) is 0 Å². The Morgan fingerprint density at radius 2 is 1.70 bits per heavy atom. The quantitative estimate of drug-likeness (QED) is 0.236. The van der Waals surface area contributed by atoms with Crippen molar-refractivity contribution in [3.05, 3.63) is 13.8 Å². The van der Waals surface area contributed by atoms with E-state index in [0.717, 1.165) is 13.1 Å². The molecule has 0 aliphatic rings. The molecule has 0 radical (unpaired) electrons. The van der Waals surface area contributed by atoms with Crippen molar-refractivity contribution in [1.29, 1.82) is 5.41 Å². The van der Waals surface area contributed by atoms with Crippen LogP contribution in [-0.4, -0.2) is 24.1 Å². The van der Waals surface area contributed by atoms with Crippen LogP contribution in [0, 0.1) is 19.3 Å². The molecule has 0 fully saturated rings. The third-order valence-corrected chi connectivity index (χ3v) is 1.09. The van der Waals surface area contributed by atoms with Crippen molar-refractivity contribution in [1.82, 2.24) is 4.67 Å². The molecule has 0 aromatic rings. The average molecular weight is 235 g/mol. The van der Waals surface area contributed by atoms with Gasteiger partial charge in [0, 0.05) is 0 Å². The number of nitrogens with two attached hydrogens (primary N) is 1. The summed E-state index contributed by atoms with van der Waals surface area (Å²) in [6.07, 6.45) is 1.50. The Balaban J connectivity index is -0.000000107. The molecule has 0 saturated heterocycles. The predicted molar refractivity (Wildman–Crippen MR) is 43.9 cm³/mol. The molecule has 0 aliphatic heterocycles. The molecule has 0 aliphatic carbocycles. The molecule has 3 N–H and O–H groups in total. The standard InChI is InChI=1S/C4H10NP.CH3N2.Y/c1-3-5(6)4-2;2-1-3;/h1-4,6H2;(H3,2,3);/q-2;-1;+3. The van der Waals surface area contributed by atoms with Gasteiger partial charge in [-0.15, -0.1) is 13.1 Å². The summed E-state index contributed by atoms with van der Waals surface area (Å²) in [5.74, 6) is 0. The SMILES string of the molecule is N=[C-]N.[CH2-]CN(P)C[CH2-].[Y+3]. The topological polar surface area (TPSA) is 53.1 Å². The van der Waals surface area contributed by atoms with Crippen molar-refractivity contribution < 1.29 is 32.7 Å². The number of hydrogen-bond acceptors (Lipinski definition) is 2. The second-order valence-corrected chi connectivity index (χ2v) is 1.91. The molecule has 0 heterocycles. The molecular weight excluding hydrogens is 222 g/mol. The Bertz CT molecular complexity index is 58.9. The smallest absolute Gasteiger partial charge is 0.563 e. The van der Waals surface area contributed by atoms with E-state index in [9.17, 15) is 0 Å². The van der Waals surface area contributed by atoms with Crippen molar-refractivity contribution in [2.45, 2.75) is 0 Å². The molecule has 56 valence electrons. The van der Waals surface area contributed by atoms with Gasteiger partial charge >= 0.3 is 32.7 Å². The van der Waals surface area contributed by atoms with E-state index in [0.29, 0.717) is 0 Å². The van der Waals surface area contributed by atoms with Crippen LogP contribution in [0.5, 0.6) is 0 Å². The van der Waals surface area contributed by atoms with Gasteiger partial charge < -0.3 is 36.0 Å². The van der Waals surface area contributed by atoms with Crippen LogP contribution in [-0.2, 0) is 32.7 Å². The molecule has 0 spiro atoms. The summed E-state index contributed by atoms with van der Waals surface area (Å²) in [6, 6.07) is 0. The van der Waals surface area contributed by atoms with E-state index in [4.69, 9.17) is 5.41 Å². The van der Waals surface area contributed by atoms with Gasteiger partial charge in [0.2, 0.25) is 0 Å². The van der Waals surface area contributed by atoms with E-state index in [2.05, 4.69) is 29.0 Å². The van der Waals surface area contributed by atoms with E-state index in [1.54, 1.807) is 0 Å². The zero-order valence-electron chi connectivity index (χ0n) is 6.01. The van der Waals surface area contributed by atoms with Gasteiger partial charge in [-0.1, -0.05) is 9.39 Å². The molecule has 1 atom stereocenters. The molecule has 0 amide bonds. The van der Waals surface area contributed by atoms with Crippen molar-refractivity contribution >= 4 is 15.7 Å². The number of hydrogen-bond donors (Lipinski definition) is 2. The molecule has 0 aromatic heterocycles. The Hall–Kier alpha value is 0.964. The first-order valence-electron chi connectivity index (χ1n) is 2.43. The summed E-state index contributed by atoms with van der Waals surface area (Å²) in [4.78, 5) is 0. The summed E-state index contributed by atoms with van der Waals surface area (Å²) in [5, 5.41) is 5.74. The van der Waals surface area contributed by atoms with Gasteiger partial charge in [0.05, 0.1) is 0 Å². The monoisotopic (exact) mass is 235 g/mol. The first kappa shape index (κ1) is 17.2. The maximum Gasteiger partial charge on any atom is 3.00 e. The van der Waals surface area contributed by atoms with Crippen LogP contribution < -0.4 is 5.73 Å². The normalized spacial score (nSPS) is 7.20. The minimum Gasteiger partial charge on any atom is -0.563 e. The Morgan fingerprint density at radius 1 is 1.50 bits per heavy atom. The Labute approximate surface area is 90.8 Å². The van der Waals surface area contributed by atoms with Crippen LogP contribution in [0.1, 0.15) is 0 Å². The third kappa shape index (κ3) is 23.1. The fourth-order valence-corrected chi connectivity index (χ4v) is 0.112. The van der Waals surface area contributed by atoms with Crippen molar-refractivity contribution in [3.63, 3.8) is 0 Å². The molecule has 0 aromatic carbocycles. The van der Waals surface area contributed by atoms with Crippen LogP contribution in [0.25, 0.3) is 0 Å². The molecule has 3 nitrogen and oxygen atoms in total. The molecule has 5 heteroatoms. The third-order valence-electron chi connectivity index (χ3n) is 0.574. The van der Waals surface area contributed by atoms with E-state index in [1.165, 1.54) is 6.34 Å². The van der Waals surface area contributed by atoms with Gasteiger partial charge in [-0.25, -0.2) is 0 Å². The van der Waals surface area contributed by atoms with Crippen LogP contribution in [0.3, 0.4) is 0 Å². The summed E-state index contributed by atoms with van der Waals surface area (Å²) in [6.45, 7) is 8.87. The van der Waals surface area contributed by atoms with Gasteiger partial charge in [-0.3, -0.25) is 0 Å². The fraction of sp³-hybridized carbons (Fsp3) is 0.400. The maximum atomic E-state index is 5.74. The summed E-state index contributed by atoms with van der Waals surface area (Å²) in [5.41, 5.74) is 4.26. The molecular formula is C5H13N3PY. The van der Waals surface area contributed by atoms with Crippen LogP contribution in [0.4, 0.5) is 0 Å². The minimum absolute atomic E-state index is 0. The second kappa shape index (κ2) is 16.5. The van der Waals surface area contributed by atoms with E-state index >= 15 is 0 Å². The summed E-state index contributed by atoms with van der Waals surface area (Å²) < 4.78 is 1.94. The van der Waals surface area contributed by atoms with Crippen molar-refractivity contribution in [2.75, 3.05) is 13.1 Å². The summed E-state index contributed by atoms with van der Waals surface area (Å²) in [7, 11) is 2.52. The van der Waals surface area contributed by atoms with Gasteiger partial charge in [0.25, 0.3) is 0 Å². The molecule has 0 bridgehead atoms. The van der Waals surface area contributed by atoms with Crippen LogP contribution in [0.2, 0.25) is 0 Å². The first-order valence-corrected chi connectivity index (χ1v) is 2.95. The van der Waals surface area contributed by atoms with Gasteiger partial charge in [0.15, 0.2) is 0 Å². The molecule has 10 heavy (non-hydrogen) atoms. The van der Waals surface area contributed by atoms with E-state index in [-0.39, 0.29) is 32.7 Å². The zero-order chi connectivity index (χ0) is 7.70. The van der Waals surface area contributed by atoms with Gasteiger partial charge in [-0.2, -0.15) is 0 Å². The first-order chi connectivity index (χ1) is 4.22.